The van der Waals surface area contributed by atoms with Crippen LogP contribution < -0.4 is 0 Å². The van der Waals surface area contributed by atoms with Gasteiger partial charge in [0.1, 0.15) is 0 Å². The summed E-state index contributed by atoms with van der Waals surface area (Å²) in [4.78, 5) is 27.0. The average molecular weight is 513 g/mol. The molecular formula is C33H52O4. The van der Waals surface area contributed by atoms with Crippen molar-refractivity contribution in [1.82, 2.24) is 0 Å². The quantitative estimate of drug-likeness (QED) is 0.412. The van der Waals surface area contributed by atoms with E-state index in [1.165, 1.54) is 5.57 Å². The van der Waals surface area contributed by atoms with Gasteiger partial charge in [-0.1, -0.05) is 66.9 Å². The highest BCUT2D eigenvalue weighted by Crippen LogP contribution is 2.75. The molecule has 0 aliphatic heterocycles. The Balaban J connectivity index is 1.64. The Morgan fingerprint density at radius 3 is 2.24 bits per heavy atom. The predicted octanol–water partition coefficient (Wildman–Crippen LogP) is 7.44. The molecule has 0 aromatic carbocycles. The van der Waals surface area contributed by atoms with Crippen LogP contribution in [0.15, 0.2) is 11.6 Å². The summed E-state index contributed by atoms with van der Waals surface area (Å²) in [6, 6.07) is 0. The number of aliphatic carboxylic acids is 1. The Morgan fingerprint density at radius 2 is 1.62 bits per heavy atom. The lowest BCUT2D eigenvalue weighted by Crippen LogP contribution is -2.67. The van der Waals surface area contributed by atoms with E-state index < -0.39 is 11.4 Å². The van der Waals surface area contributed by atoms with E-state index >= 15 is 0 Å². The fourth-order valence-electron chi connectivity index (χ4n) is 11.5. The maximum absolute atomic E-state index is 14.4. The Labute approximate surface area is 225 Å². The van der Waals surface area contributed by atoms with Gasteiger partial charge in [-0.05, 0) is 109 Å². The molecule has 0 bridgehead atoms. The Morgan fingerprint density at radius 1 is 0.946 bits per heavy atom. The molecule has 5 aliphatic carbocycles. The van der Waals surface area contributed by atoms with Gasteiger partial charge >= 0.3 is 5.97 Å². The first-order valence-corrected chi connectivity index (χ1v) is 15.2. The number of hydrogen-bond donors (Lipinski definition) is 2. The molecule has 0 heterocycles. The van der Waals surface area contributed by atoms with Crippen molar-refractivity contribution in [3.05, 3.63) is 11.6 Å². The van der Waals surface area contributed by atoms with E-state index in [2.05, 4.69) is 54.5 Å². The summed E-state index contributed by atoms with van der Waals surface area (Å²) in [5, 5.41) is 21.3. The fourth-order valence-corrected chi connectivity index (χ4v) is 11.5. The largest absolute Gasteiger partial charge is 0.481 e. The number of ketones is 1. The molecule has 5 rings (SSSR count). The highest BCUT2D eigenvalue weighted by Gasteiger charge is 2.70. The third kappa shape index (κ3) is 3.35. The van der Waals surface area contributed by atoms with Crippen molar-refractivity contribution in [2.45, 2.75) is 126 Å². The highest BCUT2D eigenvalue weighted by molar-refractivity contribution is 5.95. The monoisotopic (exact) mass is 512 g/mol. The van der Waals surface area contributed by atoms with Crippen molar-refractivity contribution in [2.75, 3.05) is 0 Å². The molecule has 4 saturated carbocycles. The zero-order chi connectivity index (χ0) is 27.4. The van der Waals surface area contributed by atoms with Crippen LogP contribution in [0.25, 0.3) is 0 Å². The number of aliphatic hydroxyl groups is 1. The number of fused-ring (bicyclic) bond motifs is 7. The van der Waals surface area contributed by atoms with Crippen LogP contribution >= 0.6 is 0 Å². The van der Waals surface area contributed by atoms with E-state index in [4.69, 9.17) is 0 Å². The molecule has 4 heteroatoms. The molecule has 4 fully saturated rings. The lowest BCUT2D eigenvalue weighted by Gasteiger charge is -2.71. The topological polar surface area (TPSA) is 74.6 Å². The third-order valence-electron chi connectivity index (χ3n) is 14.0. The molecule has 0 aromatic rings. The lowest BCUT2D eigenvalue weighted by atomic mass is 9.33. The minimum Gasteiger partial charge on any atom is -0.481 e. The standard InChI is InChI=1S/C33H52O4/c1-9-10-20-18-29(4,27(36)37)19-22-21-17-23(34)26-31(6)13-12-25(35)28(2,3)24(31)11-14-33(26,8)32(21,7)16-15-30(20,22)5/h17,20,22,24-26,35H,9-16,18-19H2,1-8H3,(H,36,37)/t20?,22-,24?,25-,26+,29-,30-,31-,32+,33+/m0/s1. The van der Waals surface area contributed by atoms with Crippen molar-refractivity contribution < 1.29 is 19.8 Å². The molecule has 5 aliphatic rings. The van der Waals surface area contributed by atoms with Gasteiger partial charge < -0.3 is 10.2 Å². The van der Waals surface area contributed by atoms with E-state index in [0.29, 0.717) is 18.3 Å². The molecule has 0 radical (unpaired) electrons. The van der Waals surface area contributed by atoms with E-state index in [-0.39, 0.29) is 50.8 Å². The van der Waals surface area contributed by atoms with Crippen LogP contribution in [0.1, 0.15) is 120 Å². The molecule has 10 atom stereocenters. The van der Waals surface area contributed by atoms with Crippen LogP contribution in [0.3, 0.4) is 0 Å². The molecule has 0 aromatic heterocycles. The summed E-state index contributed by atoms with van der Waals surface area (Å²) in [7, 11) is 0. The summed E-state index contributed by atoms with van der Waals surface area (Å²) >= 11 is 0. The van der Waals surface area contributed by atoms with Gasteiger partial charge in [0.2, 0.25) is 0 Å². The molecule has 0 saturated heterocycles. The van der Waals surface area contributed by atoms with E-state index in [0.717, 1.165) is 57.8 Å². The molecule has 2 unspecified atom stereocenters. The molecule has 37 heavy (non-hydrogen) atoms. The SMILES string of the molecule is CCCC1C[C@](C)(C(=O)O)C[C@H]2C3=CC(=O)[C@@H]4[C@@]5(C)CC[C@H](O)C(C)(C)C5CC[C@@]4(C)[C@]3(C)CC[C@@]12C. The first kappa shape index (κ1) is 27.4. The van der Waals surface area contributed by atoms with Gasteiger partial charge in [0.15, 0.2) is 5.78 Å². The van der Waals surface area contributed by atoms with E-state index in [1.54, 1.807) is 0 Å². The van der Waals surface area contributed by atoms with Crippen molar-refractivity contribution >= 4 is 11.8 Å². The zero-order valence-electron chi connectivity index (χ0n) is 24.7. The van der Waals surface area contributed by atoms with Crippen LogP contribution in [0.5, 0.6) is 0 Å². The molecule has 208 valence electrons. The Bertz CT molecular complexity index is 1030. The molecule has 0 spiro atoms. The van der Waals surface area contributed by atoms with Gasteiger partial charge in [0, 0.05) is 5.92 Å². The number of aliphatic hydroxyl groups excluding tert-OH is 1. The maximum atomic E-state index is 14.4. The van der Waals surface area contributed by atoms with Gasteiger partial charge in [-0.2, -0.15) is 0 Å². The van der Waals surface area contributed by atoms with Crippen LogP contribution in [-0.4, -0.2) is 28.1 Å². The number of carboxylic acids is 1. The van der Waals surface area contributed by atoms with Gasteiger partial charge in [-0.3, -0.25) is 9.59 Å². The van der Waals surface area contributed by atoms with Gasteiger partial charge in [0.25, 0.3) is 0 Å². The summed E-state index contributed by atoms with van der Waals surface area (Å²) < 4.78 is 0. The Kier molecular flexibility index (Phi) is 6.06. The molecule has 2 N–H and O–H groups in total. The second-order valence-corrected chi connectivity index (χ2v) is 16.0. The van der Waals surface area contributed by atoms with Crippen LogP contribution in [-0.2, 0) is 9.59 Å². The lowest BCUT2D eigenvalue weighted by molar-refractivity contribution is -0.204. The van der Waals surface area contributed by atoms with Crippen molar-refractivity contribution in [3.8, 4) is 0 Å². The number of carbonyl (C=O) groups is 2. The second kappa shape index (κ2) is 8.18. The van der Waals surface area contributed by atoms with Crippen molar-refractivity contribution in [3.63, 3.8) is 0 Å². The average Bonchev–Trinajstić information content (AvgIpc) is 2.79. The van der Waals surface area contributed by atoms with Crippen LogP contribution in [0, 0.1) is 56.2 Å². The molecule has 0 amide bonds. The molecule has 4 nitrogen and oxygen atoms in total. The first-order valence-electron chi connectivity index (χ1n) is 15.2. The predicted molar refractivity (Wildman–Crippen MR) is 147 cm³/mol. The summed E-state index contributed by atoms with van der Waals surface area (Å²) in [6.45, 7) is 18.2. The van der Waals surface area contributed by atoms with Gasteiger partial charge in [-0.25, -0.2) is 0 Å². The van der Waals surface area contributed by atoms with Crippen LogP contribution in [0.2, 0.25) is 0 Å². The second-order valence-electron chi connectivity index (χ2n) is 16.0. The first-order chi connectivity index (χ1) is 17.0. The fraction of sp³-hybridized carbons (Fsp3) is 0.879. The minimum absolute atomic E-state index is 0.0375. The summed E-state index contributed by atoms with van der Waals surface area (Å²) in [5.41, 5.74) is 0.0503. The number of rotatable bonds is 3. The zero-order valence-corrected chi connectivity index (χ0v) is 24.7. The van der Waals surface area contributed by atoms with Crippen LogP contribution in [0.4, 0.5) is 0 Å². The smallest absolute Gasteiger partial charge is 0.309 e. The Hall–Kier alpha value is -1.16. The number of hydrogen-bond acceptors (Lipinski definition) is 3. The van der Waals surface area contributed by atoms with Gasteiger partial charge in [-0.15, -0.1) is 0 Å². The minimum atomic E-state index is -0.739. The summed E-state index contributed by atoms with van der Waals surface area (Å²) in [5.74, 6) is 0.424. The third-order valence-corrected chi connectivity index (χ3v) is 14.0. The van der Waals surface area contributed by atoms with E-state index in [9.17, 15) is 19.8 Å². The molecular weight excluding hydrogens is 460 g/mol. The maximum Gasteiger partial charge on any atom is 0.309 e. The van der Waals surface area contributed by atoms with Crippen molar-refractivity contribution in [2.24, 2.45) is 56.2 Å². The number of allylic oxidation sites excluding steroid dienone is 2. The van der Waals surface area contributed by atoms with Crippen molar-refractivity contribution in [1.29, 1.82) is 0 Å². The summed E-state index contributed by atoms with van der Waals surface area (Å²) in [6.07, 6.45) is 11.2. The van der Waals surface area contributed by atoms with E-state index in [1.807, 2.05) is 6.92 Å². The number of carbonyl (C=O) groups excluding carboxylic acids is 1. The van der Waals surface area contributed by atoms with Gasteiger partial charge in [0.05, 0.1) is 11.5 Å². The normalized spacial score (nSPS) is 52.7. The number of carboxylic acid groups (broad SMARTS) is 1. The highest BCUT2D eigenvalue weighted by atomic mass is 16.4.